The van der Waals surface area contributed by atoms with E-state index in [4.69, 9.17) is 10.2 Å². The van der Waals surface area contributed by atoms with Crippen molar-refractivity contribution in [2.75, 3.05) is 12.4 Å². The minimum Gasteiger partial charge on any atom is -0.449 e. The molecule has 4 heteroatoms. The summed E-state index contributed by atoms with van der Waals surface area (Å²) in [5.41, 5.74) is 6.49. The van der Waals surface area contributed by atoms with Crippen LogP contribution in [0.4, 0.5) is 5.69 Å². The molecule has 0 bridgehead atoms. The second-order valence-corrected chi connectivity index (χ2v) is 2.92. The molecule has 0 aliphatic heterocycles. The summed E-state index contributed by atoms with van der Waals surface area (Å²) in [6.07, 6.45) is 0. The van der Waals surface area contributed by atoms with Gasteiger partial charge in [0.15, 0.2) is 0 Å². The van der Waals surface area contributed by atoms with Crippen LogP contribution in [0, 0.1) is 0 Å². The van der Waals surface area contributed by atoms with Gasteiger partial charge in [-0.05, 0) is 12.1 Å². The van der Waals surface area contributed by atoms with Crippen molar-refractivity contribution >= 4 is 22.6 Å². The van der Waals surface area contributed by atoms with E-state index in [1.807, 2.05) is 18.2 Å². The van der Waals surface area contributed by atoms with Crippen molar-refractivity contribution in [1.82, 2.24) is 0 Å². The van der Waals surface area contributed by atoms with Gasteiger partial charge in [-0.1, -0.05) is 12.1 Å². The van der Waals surface area contributed by atoms with Gasteiger partial charge in [0.2, 0.25) is 5.76 Å². The van der Waals surface area contributed by atoms with Crippen molar-refractivity contribution < 1.29 is 9.21 Å². The van der Waals surface area contributed by atoms with E-state index in [9.17, 15) is 4.79 Å². The zero-order chi connectivity index (χ0) is 10.1. The number of furan rings is 1. The van der Waals surface area contributed by atoms with Crippen LogP contribution in [0.25, 0.3) is 11.0 Å². The van der Waals surface area contributed by atoms with Crippen molar-refractivity contribution in [3.05, 3.63) is 30.0 Å². The van der Waals surface area contributed by atoms with Gasteiger partial charge in [0, 0.05) is 12.4 Å². The largest absolute Gasteiger partial charge is 0.449 e. The fraction of sp³-hybridized carbons (Fsp3) is 0.100. The number of rotatable bonds is 2. The average molecular weight is 190 g/mol. The Balaban J connectivity index is 2.78. The Morgan fingerprint density at radius 3 is 2.79 bits per heavy atom. The summed E-state index contributed by atoms with van der Waals surface area (Å²) < 4.78 is 5.31. The van der Waals surface area contributed by atoms with E-state index in [1.54, 1.807) is 13.1 Å². The molecule has 0 saturated carbocycles. The molecule has 1 aromatic carbocycles. The van der Waals surface area contributed by atoms with Gasteiger partial charge in [-0.3, -0.25) is 4.79 Å². The van der Waals surface area contributed by atoms with Gasteiger partial charge in [0.25, 0.3) is 5.91 Å². The van der Waals surface area contributed by atoms with Gasteiger partial charge in [0.1, 0.15) is 5.58 Å². The Kier molecular flexibility index (Phi) is 1.89. The summed E-state index contributed by atoms with van der Waals surface area (Å²) in [4.78, 5) is 11.0. The van der Waals surface area contributed by atoms with Gasteiger partial charge >= 0.3 is 0 Å². The first kappa shape index (κ1) is 8.62. The summed E-state index contributed by atoms with van der Waals surface area (Å²) in [6, 6.07) is 7.39. The van der Waals surface area contributed by atoms with Gasteiger partial charge in [-0.15, -0.1) is 0 Å². The molecule has 0 radical (unpaired) electrons. The van der Waals surface area contributed by atoms with E-state index in [2.05, 4.69) is 5.32 Å². The Labute approximate surface area is 80.7 Å². The summed E-state index contributed by atoms with van der Waals surface area (Å²) in [5, 5.41) is 3.77. The summed E-state index contributed by atoms with van der Waals surface area (Å²) >= 11 is 0. The van der Waals surface area contributed by atoms with E-state index >= 15 is 0 Å². The molecule has 1 heterocycles. The fourth-order valence-corrected chi connectivity index (χ4v) is 1.47. The first-order valence-corrected chi connectivity index (χ1v) is 4.23. The third-order valence-electron chi connectivity index (χ3n) is 2.07. The molecule has 72 valence electrons. The van der Waals surface area contributed by atoms with Crippen LogP contribution in [0.1, 0.15) is 10.6 Å². The zero-order valence-electron chi connectivity index (χ0n) is 7.70. The van der Waals surface area contributed by atoms with Crippen LogP contribution in [0.2, 0.25) is 0 Å². The molecule has 1 amide bonds. The smallest absolute Gasteiger partial charge is 0.286 e. The standard InChI is InChI=1S/C10H10N2O2/c1-12-8-6-4-2-3-5-7(6)14-9(8)10(11)13/h2-5,12H,1H3,(H2,11,13). The third-order valence-corrected chi connectivity index (χ3v) is 2.07. The van der Waals surface area contributed by atoms with Crippen LogP contribution in [0.3, 0.4) is 0 Å². The molecule has 3 N–H and O–H groups in total. The van der Waals surface area contributed by atoms with Crippen molar-refractivity contribution in [3.63, 3.8) is 0 Å². The highest BCUT2D eigenvalue weighted by molar-refractivity contribution is 6.05. The molecule has 2 rings (SSSR count). The molecule has 2 aromatic rings. The van der Waals surface area contributed by atoms with E-state index in [0.717, 1.165) is 5.39 Å². The van der Waals surface area contributed by atoms with Gasteiger partial charge in [0.05, 0.1) is 5.69 Å². The molecule has 0 fully saturated rings. The quantitative estimate of drug-likeness (QED) is 0.755. The number of carbonyl (C=O) groups is 1. The number of nitrogens with two attached hydrogens (primary N) is 1. The molecule has 0 aliphatic rings. The lowest BCUT2D eigenvalue weighted by Crippen LogP contribution is -2.11. The molecule has 0 aliphatic carbocycles. The van der Waals surface area contributed by atoms with Crippen LogP contribution in [0.15, 0.2) is 28.7 Å². The maximum absolute atomic E-state index is 11.0. The Morgan fingerprint density at radius 1 is 1.43 bits per heavy atom. The monoisotopic (exact) mass is 190 g/mol. The summed E-state index contributed by atoms with van der Waals surface area (Å²) in [5.74, 6) is -0.390. The summed E-state index contributed by atoms with van der Waals surface area (Å²) in [7, 11) is 1.73. The normalized spacial score (nSPS) is 10.4. The Bertz CT molecular complexity index is 488. The third kappa shape index (κ3) is 1.12. The molecular weight excluding hydrogens is 180 g/mol. The average Bonchev–Trinajstić information content (AvgIpc) is 2.56. The number of amides is 1. The first-order chi connectivity index (χ1) is 6.74. The first-order valence-electron chi connectivity index (χ1n) is 4.23. The van der Waals surface area contributed by atoms with Crippen molar-refractivity contribution in [2.24, 2.45) is 5.73 Å². The lowest BCUT2D eigenvalue weighted by Gasteiger charge is -1.96. The topological polar surface area (TPSA) is 68.3 Å². The van der Waals surface area contributed by atoms with Crippen molar-refractivity contribution in [1.29, 1.82) is 0 Å². The van der Waals surface area contributed by atoms with Crippen molar-refractivity contribution in [3.8, 4) is 0 Å². The fourth-order valence-electron chi connectivity index (χ4n) is 1.47. The number of benzene rings is 1. The molecule has 14 heavy (non-hydrogen) atoms. The lowest BCUT2D eigenvalue weighted by atomic mass is 10.2. The minimum absolute atomic E-state index is 0.175. The van der Waals surface area contributed by atoms with Gasteiger partial charge < -0.3 is 15.5 Å². The number of nitrogens with one attached hydrogen (secondary N) is 1. The Hall–Kier alpha value is -1.97. The number of carbonyl (C=O) groups excluding carboxylic acids is 1. The predicted molar refractivity (Wildman–Crippen MR) is 54.3 cm³/mol. The second-order valence-electron chi connectivity index (χ2n) is 2.92. The highest BCUT2D eigenvalue weighted by Gasteiger charge is 2.16. The van der Waals surface area contributed by atoms with Crippen LogP contribution < -0.4 is 11.1 Å². The van der Waals surface area contributed by atoms with E-state index in [1.165, 1.54) is 0 Å². The number of hydrogen-bond donors (Lipinski definition) is 2. The SMILES string of the molecule is CNc1c(C(N)=O)oc2ccccc12. The van der Waals surface area contributed by atoms with E-state index < -0.39 is 5.91 Å². The van der Waals surface area contributed by atoms with Gasteiger partial charge in [-0.2, -0.15) is 0 Å². The number of fused-ring (bicyclic) bond motifs is 1. The minimum atomic E-state index is -0.564. The molecule has 0 unspecified atom stereocenters. The highest BCUT2D eigenvalue weighted by atomic mass is 16.3. The maximum Gasteiger partial charge on any atom is 0.286 e. The van der Waals surface area contributed by atoms with Gasteiger partial charge in [-0.25, -0.2) is 0 Å². The number of anilines is 1. The molecule has 1 aromatic heterocycles. The number of primary amides is 1. The maximum atomic E-state index is 11.0. The van der Waals surface area contributed by atoms with Crippen LogP contribution in [-0.2, 0) is 0 Å². The number of para-hydroxylation sites is 1. The molecule has 0 spiro atoms. The second kappa shape index (κ2) is 3.06. The van der Waals surface area contributed by atoms with Crippen LogP contribution in [-0.4, -0.2) is 13.0 Å². The van der Waals surface area contributed by atoms with Crippen LogP contribution in [0.5, 0.6) is 0 Å². The van der Waals surface area contributed by atoms with E-state index in [-0.39, 0.29) is 5.76 Å². The highest BCUT2D eigenvalue weighted by Crippen LogP contribution is 2.29. The molecule has 0 saturated heterocycles. The summed E-state index contributed by atoms with van der Waals surface area (Å²) in [6.45, 7) is 0. The lowest BCUT2D eigenvalue weighted by molar-refractivity contribution is 0.0977. The molecular formula is C10H10N2O2. The predicted octanol–water partition coefficient (Wildman–Crippen LogP) is 1.57. The zero-order valence-corrected chi connectivity index (χ0v) is 7.70. The van der Waals surface area contributed by atoms with Crippen molar-refractivity contribution in [2.45, 2.75) is 0 Å². The molecule has 4 nitrogen and oxygen atoms in total. The number of hydrogen-bond acceptors (Lipinski definition) is 3. The molecule has 0 atom stereocenters. The van der Waals surface area contributed by atoms with Crippen LogP contribution >= 0.6 is 0 Å². The van der Waals surface area contributed by atoms with E-state index in [0.29, 0.717) is 11.3 Å². The Morgan fingerprint density at radius 2 is 2.14 bits per heavy atom.